The molecule has 2 fully saturated rings. The topological polar surface area (TPSA) is 122 Å². The Morgan fingerprint density at radius 2 is 2.25 bits per heavy atom. The van der Waals surface area contributed by atoms with Crippen LogP contribution >= 0.6 is 34.9 Å². The van der Waals surface area contributed by atoms with Crippen molar-refractivity contribution in [3.63, 3.8) is 0 Å². The molecule has 2 amide bonds. The number of tetrazole rings is 1. The molecule has 0 bridgehead atoms. The van der Waals surface area contributed by atoms with E-state index in [0.29, 0.717) is 10.2 Å². The molecule has 10 nitrogen and oxygen atoms in total. The predicted octanol–water partition coefficient (Wildman–Crippen LogP) is 0.524. The van der Waals surface area contributed by atoms with Gasteiger partial charge in [-0.25, -0.2) is 4.68 Å². The lowest BCUT2D eigenvalue weighted by Gasteiger charge is -2.55. The van der Waals surface area contributed by atoms with Crippen molar-refractivity contribution in [1.29, 1.82) is 0 Å². The molecule has 1 N–H and O–H groups in total. The number of hydrogen-bond donors (Lipinski definition) is 1. The van der Waals surface area contributed by atoms with Crippen LogP contribution in [0.2, 0.25) is 0 Å². The highest BCUT2D eigenvalue weighted by Gasteiger charge is 2.60. The van der Waals surface area contributed by atoms with Gasteiger partial charge in [-0.15, -0.1) is 28.2 Å². The summed E-state index contributed by atoms with van der Waals surface area (Å²) in [7, 11) is 1.63. The molecule has 13 heteroatoms. The lowest BCUT2D eigenvalue weighted by molar-refractivity contribution is -0.150. The quantitative estimate of drug-likeness (QED) is 0.663. The number of amides is 2. The number of β-lactam (4-membered cyclic amide) rings is 1. The van der Waals surface area contributed by atoms with Crippen molar-refractivity contribution in [3.05, 3.63) is 17.5 Å². The first-order valence-corrected chi connectivity index (χ1v) is 11.0. The Bertz CT molecular complexity index is 934. The van der Waals surface area contributed by atoms with E-state index >= 15 is 0 Å². The van der Waals surface area contributed by atoms with E-state index in [1.54, 1.807) is 13.1 Å². The average molecular weight is 441 g/mol. The molecule has 0 radical (unpaired) electrons. The number of carbonyl (C=O) groups excluding carboxylic acids is 2. The second kappa shape index (κ2) is 7.04. The Hall–Kier alpha value is -2.12. The molecule has 2 unspecified atom stereocenters. The monoisotopic (exact) mass is 440 g/mol. The molecule has 2 aromatic rings. The number of carbonyl (C=O) groups is 3. The molecule has 28 heavy (non-hydrogen) atoms. The van der Waals surface area contributed by atoms with Crippen LogP contribution in [-0.4, -0.2) is 76.5 Å². The largest absolute Gasteiger partial charge is 0.480 e. The fraction of sp³-hybridized carbons (Fsp3) is 0.467. The second-order valence-electron chi connectivity index (χ2n) is 6.44. The molecular formula is C15H16N6O4S3. The van der Waals surface area contributed by atoms with Crippen LogP contribution in [0.4, 0.5) is 5.00 Å². The van der Waals surface area contributed by atoms with E-state index in [1.807, 2.05) is 11.4 Å². The van der Waals surface area contributed by atoms with Gasteiger partial charge in [-0.3, -0.25) is 19.3 Å². The van der Waals surface area contributed by atoms with Crippen LogP contribution < -0.4 is 4.90 Å². The molecule has 2 aromatic heterocycles. The van der Waals surface area contributed by atoms with Crippen LogP contribution in [0.5, 0.6) is 0 Å². The van der Waals surface area contributed by atoms with Gasteiger partial charge >= 0.3 is 5.97 Å². The molecule has 0 aromatic carbocycles. The Morgan fingerprint density at radius 3 is 2.82 bits per heavy atom. The van der Waals surface area contributed by atoms with Gasteiger partial charge in [-0.2, -0.15) is 0 Å². The molecule has 4 heterocycles. The van der Waals surface area contributed by atoms with E-state index < -0.39 is 16.8 Å². The molecule has 2 aliphatic heterocycles. The van der Waals surface area contributed by atoms with Gasteiger partial charge in [0.05, 0.1) is 5.00 Å². The lowest BCUT2D eigenvalue weighted by atomic mass is 10.0. The van der Waals surface area contributed by atoms with Gasteiger partial charge in [0.2, 0.25) is 17.0 Å². The van der Waals surface area contributed by atoms with Crippen molar-refractivity contribution in [2.75, 3.05) is 17.2 Å². The Kier molecular flexibility index (Phi) is 4.83. The van der Waals surface area contributed by atoms with E-state index in [2.05, 4.69) is 15.5 Å². The van der Waals surface area contributed by atoms with Crippen LogP contribution in [0.1, 0.15) is 6.92 Å². The summed E-state index contributed by atoms with van der Waals surface area (Å²) in [5, 5.41) is 23.7. The van der Waals surface area contributed by atoms with Crippen molar-refractivity contribution in [3.8, 4) is 0 Å². The number of aliphatic carboxylic acids is 1. The first-order valence-electron chi connectivity index (χ1n) is 8.24. The number of hydrogen-bond acceptors (Lipinski definition) is 9. The summed E-state index contributed by atoms with van der Waals surface area (Å²) < 4.78 is 0.148. The molecule has 2 aliphatic rings. The van der Waals surface area contributed by atoms with Gasteiger partial charge in [0.1, 0.15) is 16.2 Å². The van der Waals surface area contributed by atoms with Crippen LogP contribution in [-0.2, 0) is 21.4 Å². The molecule has 3 atom stereocenters. The molecule has 0 aliphatic carbocycles. The van der Waals surface area contributed by atoms with E-state index in [0.717, 1.165) is 11.8 Å². The van der Waals surface area contributed by atoms with Crippen LogP contribution in [0.3, 0.4) is 0 Å². The summed E-state index contributed by atoms with van der Waals surface area (Å²) in [6, 6.07) is 3.01. The van der Waals surface area contributed by atoms with Gasteiger partial charge in [-0.05, 0) is 27.9 Å². The summed E-state index contributed by atoms with van der Waals surface area (Å²) in [5.74, 6) is -1.22. The van der Waals surface area contributed by atoms with Gasteiger partial charge in [0.25, 0.3) is 0 Å². The Morgan fingerprint density at radius 1 is 1.46 bits per heavy atom. The molecule has 0 spiro atoms. The van der Waals surface area contributed by atoms with Gasteiger partial charge in [0, 0.05) is 26.3 Å². The van der Waals surface area contributed by atoms with Crippen molar-refractivity contribution in [2.24, 2.45) is 7.05 Å². The molecule has 148 valence electrons. The number of rotatable bonds is 5. The fourth-order valence-corrected chi connectivity index (χ4v) is 6.81. The minimum Gasteiger partial charge on any atom is -0.480 e. The first kappa shape index (κ1) is 19.2. The number of anilines is 1. The van der Waals surface area contributed by atoms with Crippen molar-refractivity contribution in [1.82, 2.24) is 25.1 Å². The van der Waals surface area contributed by atoms with Crippen molar-refractivity contribution in [2.45, 2.75) is 28.2 Å². The third-order valence-corrected chi connectivity index (χ3v) is 8.58. The van der Waals surface area contributed by atoms with Gasteiger partial charge < -0.3 is 10.0 Å². The summed E-state index contributed by atoms with van der Waals surface area (Å²) in [5.41, 5.74) is 0. The van der Waals surface area contributed by atoms with Gasteiger partial charge in [0.15, 0.2) is 0 Å². The molecule has 2 saturated heterocycles. The van der Waals surface area contributed by atoms with Crippen LogP contribution in [0, 0.1) is 0 Å². The number of aryl methyl sites for hydroxylation is 1. The zero-order valence-electron chi connectivity index (χ0n) is 14.9. The van der Waals surface area contributed by atoms with Gasteiger partial charge in [-0.1, -0.05) is 11.8 Å². The predicted molar refractivity (Wildman–Crippen MR) is 104 cm³/mol. The standard InChI is InChI=1S/C15H16N6O4S3/c1-8(22)21(9-4-3-5-26-9)10-11(23)20-6-15(13(24)25,7-27-12(10)20)28-14-16-17-18-19(14)2/h3-5,10,12H,6-7H2,1-2H3,(H,24,25)/t10?,12-,15?/m1/s1. The third kappa shape index (κ3) is 2.97. The number of aromatic nitrogens is 4. The third-order valence-electron chi connectivity index (χ3n) is 4.65. The highest BCUT2D eigenvalue weighted by Crippen LogP contribution is 2.47. The second-order valence-corrected chi connectivity index (χ2v) is 9.82. The number of thioether (sulfide) groups is 2. The van der Waals surface area contributed by atoms with E-state index in [1.165, 1.54) is 44.5 Å². The maximum atomic E-state index is 12.9. The van der Waals surface area contributed by atoms with Crippen LogP contribution in [0.15, 0.2) is 22.7 Å². The Labute approximate surface area is 172 Å². The zero-order valence-corrected chi connectivity index (χ0v) is 17.3. The number of carboxylic acids is 1. The maximum absolute atomic E-state index is 12.9. The zero-order chi connectivity index (χ0) is 20.1. The highest BCUT2D eigenvalue weighted by atomic mass is 32.2. The number of nitrogens with zero attached hydrogens (tertiary/aromatic N) is 6. The van der Waals surface area contributed by atoms with Crippen molar-refractivity contribution < 1.29 is 19.5 Å². The van der Waals surface area contributed by atoms with E-state index in [9.17, 15) is 19.5 Å². The number of fused-ring (bicyclic) bond motifs is 1. The highest BCUT2D eigenvalue weighted by molar-refractivity contribution is 8.04. The maximum Gasteiger partial charge on any atom is 0.322 e. The summed E-state index contributed by atoms with van der Waals surface area (Å²) >= 11 is 3.80. The number of thiophene rings is 1. The number of carboxylic acid groups (broad SMARTS) is 1. The molecule has 0 saturated carbocycles. The van der Waals surface area contributed by atoms with Crippen LogP contribution in [0.25, 0.3) is 0 Å². The lowest BCUT2D eigenvalue weighted by Crippen LogP contribution is -2.75. The summed E-state index contributed by atoms with van der Waals surface area (Å²) in [6.45, 7) is 1.46. The summed E-state index contributed by atoms with van der Waals surface area (Å²) in [6.07, 6.45) is 0. The molecule has 4 rings (SSSR count). The van der Waals surface area contributed by atoms with E-state index in [-0.39, 0.29) is 29.5 Å². The van der Waals surface area contributed by atoms with Crippen molar-refractivity contribution >= 4 is 57.6 Å². The molecular weight excluding hydrogens is 424 g/mol. The Balaban J connectivity index is 1.57. The SMILES string of the molecule is CC(=O)N(c1cccs1)C1C(=O)N2CC(Sc3nnnn3C)(C(=O)O)CS[C@H]12. The smallest absolute Gasteiger partial charge is 0.322 e. The minimum atomic E-state index is -1.26. The fourth-order valence-electron chi connectivity index (χ4n) is 3.25. The van der Waals surface area contributed by atoms with E-state index in [4.69, 9.17) is 0 Å². The average Bonchev–Trinajstić information content (AvgIpc) is 3.31. The minimum absolute atomic E-state index is 0.0308. The normalized spacial score (nSPS) is 26.5. The first-order chi connectivity index (χ1) is 13.3. The summed E-state index contributed by atoms with van der Waals surface area (Å²) in [4.78, 5) is 40.2.